The minimum atomic E-state index is -0.807. The summed E-state index contributed by atoms with van der Waals surface area (Å²) in [5.41, 5.74) is 0. The lowest BCUT2D eigenvalue weighted by atomic mass is 10.1. The number of ether oxygens (including phenoxy) is 3. The van der Waals surface area contributed by atoms with E-state index in [-0.39, 0.29) is 31.1 Å². The molecular weight excluding hydrogens is 745 g/mol. The van der Waals surface area contributed by atoms with Crippen molar-refractivity contribution in [2.24, 2.45) is 0 Å². The summed E-state index contributed by atoms with van der Waals surface area (Å²) >= 11 is 0. The average molecular weight is 833 g/mol. The Hall–Kier alpha value is -3.67. The maximum atomic E-state index is 12.7. The topological polar surface area (TPSA) is 78.9 Å². The van der Waals surface area contributed by atoms with E-state index in [9.17, 15) is 14.4 Å². The Bertz CT molecular complexity index is 1230. The molecule has 0 aliphatic rings. The maximum absolute atomic E-state index is 12.7. The Morgan fingerprint density at radius 3 is 1.08 bits per heavy atom. The fourth-order valence-corrected chi connectivity index (χ4v) is 6.24. The van der Waals surface area contributed by atoms with Gasteiger partial charge in [0, 0.05) is 19.3 Å². The van der Waals surface area contributed by atoms with Gasteiger partial charge in [0.25, 0.3) is 0 Å². The Morgan fingerprint density at radius 2 is 0.667 bits per heavy atom. The van der Waals surface area contributed by atoms with E-state index in [1.807, 2.05) is 6.08 Å². The molecule has 1 atom stereocenters. The molecule has 0 aliphatic carbocycles. The third-order valence-electron chi connectivity index (χ3n) is 9.94. The maximum Gasteiger partial charge on any atom is 0.306 e. The van der Waals surface area contributed by atoms with Crippen LogP contribution in [0.1, 0.15) is 207 Å². The normalized spacial score (nSPS) is 12.9. The number of carbonyl (C=O) groups excluding carboxylic acids is 3. The van der Waals surface area contributed by atoms with Crippen LogP contribution in [0.3, 0.4) is 0 Å². The van der Waals surface area contributed by atoms with Gasteiger partial charge in [0.15, 0.2) is 6.10 Å². The zero-order valence-electron chi connectivity index (χ0n) is 38.7. The molecule has 60 heavy (non-hydrogen) atoms. The molecule has 0 radical (unpaired) electrons. The average Bonchev–Trinajstić information content (AvgIpc) is 3.24. The lowest BCUT2D eigenvalue weighted by Gasteiger charge is -2.18. The second-order valence-electron chi connectivity index (χ2n) is 15.8. The van der Waals surface area contributed by atoms with E-state index in [1.165, 1.54) is 44.9 Å². The van der Waals surface area contributed by atoms with E-state index >= 15 is 0 Å². The van der Waals surface area contributed by atoms with Gasteiger partial charge < -0.3 is 14.2 Å². The summed E-state index contributed by atoms with van der Waals surface area (Å²) in [5.74, 6) is -0.982. The monoisotopic (exact) mass is 833 g/mol. The molecule has 0 aromatic heterocycles. The largest absolute Gasteiger partial charge is 0.462 e. The molecule has 0 aromatic rings. The number of unbranched alkanes of at least 4 members (excludes halogenated alkanes) is 20. The number of esters is 3. The molecule has 0 amide bonds. The van der Waals surface area contributed by atoms with Gasteiger partial charge in [-0.3, -0.25) is 14.4 Å². The molecule has 0 saturated heterocycles. The van der Waals surface area contributed by atoms with Crippen molar-refractivity contribution in [3.8, 4) is 0 Å². The summed E-state index contributed by atoms with van der Waals surface area (Å²) in [6, 6.07) is 0. The summed E-state index contributed by atoms with van der Waals surface area (Å²) in [6.45, 7) is 6.35. The molecule has 0 spiro atoms. The number of hydrogen-bond acceptors (Lipinski definition) is 6. The van der Waals surface area contributed by atoms with Crippen LogP contribution in [0.25, 0.3) is 0 Å². The highest BCUT2D eigenvalue weighted by Crippen LogP contribution is 2.12. The van der Waals surface area contributed by atoms with Crippen molar-refractivity contribution in [1.82, 2.24) is 0 Å². The van der Waals surface area contributed by atoms with Crippen LogP contribution in [0.15, 0.2) is 97.2 Å². The molecule has 0 fully saturated rings. The summed E-state index contributed by atoms with van der Waals surface area (Å²) in [5, 5.41) is 0. The molecule has 1 unspecified atom stereocenters. The first-order valence-corrected chi connectivity index (χ1v) is 24.3. The lowest BCUT2D eigenvalue weighted by Crippen LogP contribution is -2.30. The van der Waals surface area contributed by atoms with Crippen molar-refractivity contribution in [2.45, 2.75) is 213 Å². The van der Waals surface area contributed by atoms with E-state index in [0.29, 0.717) is 19.3 Å². The molecule has 0 aliphatic heterocycles. The quantitative estimate of drug-likeness (QED) is 0.0264. The van der Waals surface area contributed by atoms with Crippen LogP contribution in [0.5, 0.6) is 0 Å². The van der Waals surface area contributed by atoms with Crippen LogP contribution < -0.4 is 0 Å². The third-order valence-corrected chi connectivity index (χ3v) is 9.94. The first kappa shape index (κ1) is 56.3. The summed E-state index contributed by atoms with van der Waals surface area (Å²) in [6.07, 6.45) is 62.5. The molecular formula is C54H88O6. The summed E-state index contributed by atoms with van der Waals surface area (Å²) < 4.78 is 16.7. The minimum absolute atomic E-state index is 0.107. The zero-order chi connectivity index (χ0) is 43.7. The minimum Gasteiger partial charge on any atom is -0.462 e. The van der Waals surface area contributed by atoms with Gasteiger partial charge in [-0.2, -0.15) is 0 Å². The van der Waals surface area contributed by atoms with Crippen molar-refractivity contribution >= 4 is 17.9 Å². The van der Waals surface area contributed by atoms with E-state index in [2.05, 4.69) is 112 Å². The van der Waals surface area contributed by atoms with Crippen LogP contribution in [0, 0.1) is 0 Å². The van der Waals surface area contributed by atoms with Crippen molar-refractivity contribution in [1.29, 1.82) is 0 Å². The molecule has 0 heterocycles. The van der Waals surface area contributed by atoms with Gasteiger partial charge in [-0.15, -0.1) is 0 Å². The van der Waals surface area contributed by atoms with E-state index in [1.54, 1.807) is 0 Å². The molecule has 6 nitrogen and oxygen atoms in total. The van der Waals surface area contributed by atoms with Gasteiger partial charge in [-0.1, -0.05) is 201 Å². The second kappa shape index (κ2) is 48.0. The smallest absolute Gasteiger partial charge is 0.306 e. The predicted molar refractivity (Wildman–Crippen MR) is 256 cm³/mol. The van der Waals surface area contributed by atoms with Gasteiger partial charge in [-0.25, -0.2) is 0 Å². The van der Waals surface area contributed by atoms with Crippen LogP contribution in [0.4, 0.5) is 0 Å². The van der Waals surface area contributed by atoms with Gasteiger partial charge in [0.1, 0.15) is 13.2 Å². The molecule has 0 bridgehead atoms. The highest BCUT2D eigenvalue weighted by atomic mass is 16.6. The van der Waals surface area contributed by atoms with Crippen molar-refractivity contribution in [3.63, 3.8) is 0 Å². The Morgan fingerprint density at radius 1 is 0.350 bits per heavy atom. The van der Waals surface area contributed by atoms with Gasteiger partial charge >= 0.3 is 17.9 Å². The molecule has 0 rings (SSSR count). The number of rotatable bonds is 42. The van der Waals surface area contributed by atoms with Crippen LogP contribution in [-0.2, 0) is 28.6 Å². The fraction of sp³-hybridized carbons (Fsp3) is 0.648. The van der Waals surface area contributed by atoms with Gasteiger partial charge in [-0.05, 0) is 83.5 Å². The van der Waals surface area contributed by atoms with Crippen molar-refractivity contribution in [2.75, 3.05) is 13.2 Å². The first-order chi connectivity index (χ1) is 29.5. The predicted octanol–water partition coefficient (Wildman–Crippen LogP) is 15.8. The molecule has 0 N–H and O–H groups in total. The van der Waals surface area contributed by atoms with Crippen molar-refractivity contribution < 1.29 is 28.6 Å². The Balaban J connectivity index is 4.47. The number of carbonyl (C=O) groups is 3. The van der Waals surface area contributed by atoms with Crippen LogP contribution >= 0.6 is 0 Å². The van der Waals surface area contributed by atoms with Crippen LogP contribution in [-0.4, -0.2) is 37.2 Å². The zero-order valence-corrected chi connectivity index (χ0v) is 38.7. The number of allylic oxidation sites excluding steroid dienone is 16. The molecule has 0 saturated carbocycles. The summed E-state index contributed by atoms with van der Waals surface area (Å²) in [7, 11) is 0. The highest BCUT2D eigenvalue weighted by Gasteiger charge is 2.19. The van der Waals surface area contributed by atoms with E-state index in [4.69, 9.17) is 14.2 Å². The Labute approximate surface area is 368 Å². The molecule has 6 heteroatoms. The van der Waals surface area contributed by atoms with Gasteiger partial charge in [0.2, 0.25) is 0 Å². The Kier molecular flexibility index (Phi) is 45.1. The fourth-order valence-electron chi connectivity index (χ4n) is 6.24. The van der Waals surface area contributed by atoms with E-state index < -0.39 is 6.10 Å². The molecule has 340 valence electrons. The highest BCUT2D eigenvalue weighted by molar-refractivity contribution is 5.71. The van der Waals surface area contributed by atoms with Gasteiger partial charge in [0.05, 0.1) is 0 Å². The SMILES string of the molecule is CC\C=C/C=C\C=C/CCCCCCCC(=O)OC(COC(=O)CCCCC/C=C\C=C/CCCC)COC(=O)CCCCCCC\C=C/C=C\C=C/CCCCCCC. The van der Waals surface area contributed by atoms with Crippen molar-refractivity contribution in [3.05, 3.63) is 97.2 Å². The van der Waals surface area contributed by atoms with Crippen LogP contribution in [0.2, 0.25) is 0 Å². The number of hydrogen-bond donors (Lipinski definition) is 0. The molecule has 0 aromatic carbocycles. The second-order valence-corrected chi connectivity index (χ2v) is 15.8. The van der Waals surface area contributed by atoms with E-state index in [0.717, 1.165) is 122 Å². The lowest BCUT2D eigenvalue weighted by molar-refractivity contribution is -0.167. The summed E-state index contributed by atoms with van der Waals surface area (Å²) in [4.78, 5) is 37.8. The first-order valence-electron chi connectivity index (χ1n) is 24.3. The third kappa shape index (κ3) is 45.4. The standard InChI is InChI=1S/C54H88O6/c1-4-7-10-13-16-19-22-24-25-26-27-28-30-32-35-38-41-44-47-53(56)59-50-51(49-58-52(55)46-43-40-37-34-31-21-18-15-12-9-6-3)60-54(57)48-45-42-39-36-33-29-23-20-17-14-11-8-5-2/h8,11,14-15,17-18,20-28,31,51H,4-7,9-10,12-13,16,19,29-30,32-50H2,1-3H3/b11-8-,17-14-,18-15-,23-20-,24-22-,26-25-,28-27-,31-21-.